The molecule has 0 bridgehead atoms. The Balaban J connectivity index is 2.14. The Morgan fingerprint density at radius 1 is 1.43 bits per heavy atom. The van der Waals surface area contributed by atoms with Crippen molar-refractivity contribution in [3.05, 3.63) is 0 Å². The standard InChI is InChI=1S/C9H16Cl2O3/c10-5-8(11)9-13-6-7(14-9)3-1-2-4-12/h7-9,12H,1-6H2. The second kappa shape index (κ2) is 6.85. The van der Waals surface area contributed by atoms with Crippen LogP contribution in [0.15, 0.2) is 0 Å². The van der Waals surface area contributed by atoms with Crippen LogP contribution >= 0.6 is 23.2 Å². The number of aliphatic hydroxyl groups excluding tert-OH is 1. The highest BCUT2D eigenvalue weighted by molar-refractivity contribution is 6.28. The number of ether oxygens (including phenoxy) is 2. The SMILES string of the molecule is OCCCCC1COC(C(Cl)CCl)O1. The molecule has 1 N–H and O–H groups in total. The van der Waals surface area contributed by atoms with Crippen molar-refractivity contribution in [1.29, 1.82) is 0 Å². The molecule has 0 aromatic heterocycles. The minimum absolute atomic E-state index is 0.107. The van der Waals surface area contributed by atoms with Crippen molar-refractivity contribution >= 4 is 23.2 Å². The number of rotatable bonds is 6. The van der Waals surface area contributed by atoms with Crippen molar-refractivity contribution in [2.45, 2.75) is 37.0 Å². The van der Waals surface area contributed by atoms with Gasteiger partial charge in [-0.15, -0.1) is 23.2 Å². The van der Waals surface area contributed by atoms with Crippen molar-refractivity contribution in [1.82, 2.24) is 0 Å². The van der Waals surface area contributed by atoms with E-state index in [9.17, 15) is 0 Å². The number of aliphatic hydroxyl groups is 1. The predicted molar refractivity (Wildman–Crippen MR) is 55.9 cm³/mol. The molecule has 1 fully saturated rings. The van der Waals surface area contributed by atoms with Crippen LogP contribution in [-0.2, 0) is 9.47 Å². The molecule has 1 saturated heterocycles. The van der Waals surface area contributed by atoms with E-state index in [0.29, 0.717) is 12.5 Å². The second-order valence-electron chi connectivity index (χ2n) is 3.35. The van der Waals surface area contributed by atoms with E-state index < -0.39 is 0 Å². The lowest BCUT2D eigenvalue weighted by Gasteiger charge is -2.14. The fraction of sp³-hybridized carbons (Fsp3) is 1.00. The summed E-state index contributed by atoms with van der Waals surface area (Å²) in [6, 6.07) is 0. The zero-order chi connectivity index (χ0) is 10.4. The molecule has 0 spiro atoms. The van der Waals surface area contributed by atoms with E-state index in [-0.39, 0.29) is 24.4 Å². The quantitative estimate of drug-likeness (QED) is 0.570. The molecule has 1 aliphatic rings. The summed E-state index contributed by atoms with van der Waals surface area (Å²) in [5, 5.41) is 8.33. The predicted octanol–water partition coefficient (Wildman–Crippen LogP) is 1.74. The molecular weight excluding hydrogens is 227 g/mol. The minimum Gasteiger partial charge on any atom is -0.396 e. The summed E-state index contributed by atoms with van der Waals surface area (Å²) in [6.45, 7) is 0.813. The summed E-state index contributed by atoms with van der Waals surface area (Å²) in [6.07, 6.45) is 2.41. The molecule has 3 atom stereocenters. The fourth-order valence-electron chi connectivity index (χ4n) is 1.37. The molecule has 0 aromatic carbocycles. The van der Waals surface area contributed by atoms with E-state index in [1.54, 1.807) is 0 Å². The van der Waals surface area contributed by atoms with Crippen LogP contribution in [0, 0.1) is 0 Å². The van der Waals surface area contributed by atoms with Gasteiger partial charge in [-0.25, -0.2) is 0 Å². The summed E-state index contributed by atoms with van der Waals surface area (Å²) < 4.78 is 10.9. The molecule has 5 heteroatoms. The van der Waals surface area contributed by atoms with Crippen LogP contribution < -0.4 is 0 Å². The first kappa shape index (κ1) is 12.5. The van der Waals surface area contributed by atoms with Gasteiger partial charge in [0.15, 0.2) is 6.29 Å². The van der Waals surface area contributed by atoms with E-state index >= 15 is 0 Å². The normalized spacial score (nSPS) is 29.4. The molecule has 84 valence electrons. The number of alkyl halides is 2. The molecule has 1 aliphatic heterocycles. The molecule has 0 saturated carbocycles. The van der Waals surface area contributed by atoms with Gasteiger partial charge in [0, 0.05) is 12.5 Å². The first-order valence-corrected chi connectivity index (χ1v) is 5.83. The number of hydrogen-bond donors (Lipinski definition) is 1. The maximum absolute atomic E-state index is 8.61. The smallest absolute Gasteiger partial charge is 0.175 e. The molecule has 1 heterocycles. The van der Waals surface area contributed by atoms with Crippen LogP contribution in [-0.4, -0.2) is 42.0 Å². The van der Waals surface area contributed by atoms with E-state index in [4.69, 9.17) is 37.8 Å². The number of unbranched alkanes of at least 4 members (excludes halogenated alkanes) is 1. The van der Waals surface area contributed by atoms with Crippen LogP contribution in [0.2, 0.25) is 0 Å². The maximum Gasteiger partial charge on any atom is 0.175 e. The summed E-state index contributed by atoms with van der Waals surface area (Å²) >= 11 is 11.5. The van der Waals surface area contributed by atoms with Crippen LogP contribution in [0.25, 0.3) is 0 Å². The highest BCUT2D eigenvalue weighted by atomic mass is 35.5. The highest BCUT2D eigenvalue weighted by Crippen LogP contribution is 2.22. The Morgan fingerprint density at radius 2 is 2.21 bits per heavy atom. The summed E-state index contributed by atoms with van der Waals surface area (Å²) in [4.78, 5) is 0. The molecule has 0 aliphatic carbocycles. The van der Waals surface area contributed by atoms with Crippen molar-refractivity contribution in [2.75, 3.05) is 19.1 Å². The fourth-order valence-corrected chi connectivity index (χ4v) is 1.65. The maximum atomic E-state index is 8.61. The van der Waals surface area contributed by atoms with E-state index in [0.717, 1.165) is 19.3 Å². The van der Waals surface area contributed by atoms with Crippen LogP contribution in [0.5, 0.6) is 0 Å². The van der Waals surface area contributed by atoms with Gasteiger partial charge < -0.3 is 14.6 Å². The lowest BCUT2D eigenvalue weighted by atomic mass is 10.2. The molecule has 14 heavy (non-hydrogen) atoms. The number of halogens is 2. The van der Waals surface area contributed by atoms with Crippen molar-refractivity contribution < 1.29 is 14.6 Å². The molecule has 3 nitrogen and oxygen atoms in total. The van der Waals surface area contributed by atoms with Crippen LogP contribution in [0.1, 0.15) is 19.3 Å². The van der Waals surface area contributed by atoms with Crippen molar-refractivity contribution in [2.24, 2.45) is 0 Å². The van der Waals surface area contributed by atoms with Crippen molar-refractivity contribution in [3.63, 3.8) is 0 Å². The zero-order valence-electron chi connectivity index (χ0n) is 7.99. The van der Waals surface area contributed by atoms with Gasteiger partial charge in [0.05, 0.1) is 18.1 Å². The minimum atomic E-state index is -0.367. The Morgan fingerprint density at radius 3 is 2.86 bits per heavy atom. The van der Waals surface area contributed by atoms with Gasteiger partial charge in [-0.05, 0) is 19.3 Å². The molecule has 1 rings (SSSR count). The van der Waals surface area contributed by atoms with E-state index in [2.05, 4.69) is 0 Å². The van der Waals surface area contributed by atoms with Gasteiger partial charge in [-0.1, -0.05) is 0 Å². The third-order valence-electron chi connectivity index (χ3n) is 2.15. The number of hydrogen-bond acceptors (Lipinski definition) is 3. The third kappa shape index (κ3) is 3.91. The zero-order valence-corrected chi connectivity index (χ0v) is 9.51. The monoisotopic (exact) mass is 242 g/mol. The Bertz CT molecular complexity index is 157. The van der Waals surface area contributed by atoms with Gasteiger partial charge >= 0.3 is 0 Å². The first-order valence-electron chi connectivity index (χ1n) is 4.86. The third-order valence-corrected chi connectivity index (χ3v) is 3.00. The Kier molecular flexibility index (Phi) is 6.13. The highest BCUT2D eigenvalue weighted by Gasteiger charge is 2.30. The van der Waals surface area contributed by atoms with Gasteiger partial charge in [0.1, 0.15) is 0 Å². The van der Waals surface area contributed by atoms with E-state index in [1.165, 1.54) is 0 Å². The Labute approximate surface area is 94.3 Å². The molecule has 0 amide bonds. The van der Waals surface area contributed by atoms with E-state index in [1.807, 2.05) is 0 Å². The average molecular weight is 243 g/mol. The van der Waals surface area contributed by atoms with Gasteiger partial charge in [0.2, 0.25) is 0 Å². The first-order chi connectivity index (χ1) is 6.77. The topological polar surface area (TPSA) is 38.7 Å². The largest absolute Gasteiger partial charge is 0.396 e. The van der Waals surface area contributed by atoms with Crippen LogP contribution in [0.4, 0.5) is 0 Å². The summed E-state index contributed by atoms with van der Waals surface area (Å²) in [7, 11) is 0. The van der Waals surface area contributed by atoms with Crippen molar-refractivity contribution in [3.8, 4) is 0 Å². The lowest BCUT2D eigenvalue weighted by molar-refractivity contribution is -0.0565. The van der Waals surface area contributed by atoms with Gasteiger partial charge in [-0.3, -0.25) is 0 Å². The van der Waals surface area contributed by atoms with Gasteiger partial charge in [0.25, 0.3) is 0 Å². The Hall–Kier alpha value is 0.460. The summed E-state index contributed by atoms with van der Waals surface area (Å²) in [5.41, 5.74) is 0. The molecule has 3 unspecified atom stereocenters. The summed E-state index contributed by atoms with van der Waals surface area (Å²) in [5.74, 6) is 0.329. The second-order valence-corrected chi connectivity index (χ2v) is 4.22. The molecule has 0 aromatic rings. The lowest BCUT2D eigenvalue weighted by Crippen LogP contribution is -2.24. The molecule has 0 radical (unpaired) electrons. The van der Waals surface area contributed by atoms with Crippen LogP contribution in [0.3, 0.4) is 0 Å². The molecular formula is C9H16Cl2O3. The van der Waals surface area contributed by atoms with Gasteiger partial charge in [-0.2, -0.15) is 0 Å². The average Bonchev–Trinajstić information content (AvgIpc) is 2.66.